The van der Waals surface area contributed by atoms with Gasteiger partial charge in [-0.3, -0.25) is 0 Å². The van der Waals surface area contributed by atoms with Crippen LogP contribution in [-0.2, 0) is 11.3 Å². The molecule has 20 heavy (non-hydrogen) atoms. The second-order valence-corrected chi connectivity index (χ2v) is 4.83. The molecule has 0 radical (unpaired) electrons. The summed E-state index contributed by atoms with van der Waals surface area (Å²) in [5.74, 6) is 0. The SMILES string of the molecule is N#CC1(C#N)CCN(C(=O)OCc2ccccc2)CC1. The van der Waals surface area contributed by atoms with Crippen molar-refractivity contribution in [2.45, 2.75) is 19.4 Å². The second-order valence-electron chi connectivity index (χ2n) is 4.83. The fraction of sp³-hybridized carbons (Fsp3) is 0.400. The highest BCUT2D eigenvalue weighted by Crippen LogP contribution is 2.30. The molecule has 1 saturated heterocycles. The van der Waals surface area contributed by atoms with Crippen molar-refractivity contribution in [3.8, 4) is 12.1 Å². The smallest absolute Gasteiger partial charge is 0.410 e. The first-order chi connectivity index (χ1) is 9.69. The number of carbonyl (C=O) groups is 1. The van der Waals surface area contributed by atoms with Crippen molar-refractivity contribution >= 4 is 6.09 Å². The molecule has 0 unspecified atom stereocenters. The van der Waals surface area contributed by atoms with Gasteiger partial charge in [0, 0.05) is 13.1 Å². The highest BCUT2D eigenvalue weighted by molar-refractivity contribution is 5.67. The summed E-state index contributed by atoms with van der Waals surface area (Å²) in [5, 5.41) is 18.0. The van der Waals surface area contributed by atoms with Gasteiger partial charge in [-0.2, -0.15) is 10.5 Å². The van der Waals surface area contributed by atoms with Crippen molar-refractivity contribution in [1.82, 2.24) is 4.90 Å². The van der Waals surface area contributed by atoms with Gasteiger partial charge in [0.05, 0.1) is 12.1 Å². The van der Waals surface area contributed by atoms with Gasteiger partial charge in [-0.15, -0.1) is 0 Å². The van der Waals surface area contributed by atoms with E-state index in [1.165, 1.54) is 0 Å². The number of hydrogen-bond acceptors (Lipinski definition) is 4. The zero-order valence-corrected chi connectivity index (χ0v) is 11.1. The molecule has 0 aliphatic carbocycles. The van der Waals surface area contributed by atoms with E-state index in [1.54, 1.807) is 4.90 Å². The van der Waals surface area contributed by atoms with Gasteiger partial charge in [0.25, 0.3) is 0 Å². The minimum absolute atomic E-state index is 0.234. The third-order valence-electron chi connectivity index (χ3n) is 3.51. The van der Waals surface area contributed by atoms with Crippen LogP contribution in [0.25, 0.3) is 0 Å². The Hall–Kier alpha value is -2.53. The molecule has 1 aliphatic heterocycles. The average Bonchev–Trinajstić information content (AvgIpc) is 2.53. The molecule has 1 aromatic rings. The molecule has 0 spiro atoms. The molecule has 1 heterocycles. The number of carbonyl (C=O) groups excluding carboxylic acids is 1. The van der Waals surface area contributed by atoms with Crippen LogP contribution in [0.15, 0.2) is 30.3 Å². The van der Waals surface area contributed by atoms with Gasteiger partial charge < -0.3 is 9.64 Å². The Labute approximate surface area is 118 Å². The number of piperidine rings is 1. The number of rotatable bonds is 2. The summed E-state index contributed by atoms with van der Waals surface area (Å²) in [6, 6.07) is 13.5. The Balaban J connectivity index is 1.84. The monoisotopic (exact) mass is 269 g/mol. The van der Waals surface area contributed by atoms with Gasteiger partial charge in [0.1, 0.15) is 12.0 Å². The molecular weight excluding hydrogens is 254 g/mol. The van der Waals surface area contributed by atoms with Crippen LogP contribution < -0.4 is 0 Å². The van der Waals surface area contributed by atoms with Gasteiger partial charge in [0.2, 0.25) is 0 Å². The number of benzene rings is 1. The zero-order chi connectivity index (χ0) is 14.4. The first-order valence-corrected chi connectivity index (χ1v) is 6.47. The highest BCUT2D eigenvalue weighted by Gasteiger charge is 2.36. The number of amides is 1. The molecule has 1 aromatic carbocycles. The Bertz CT molecular complexity index is 533. The van der Waals surface area contributed by atoms with E-state index in [0.29, 0.717) is 25.9 Å². The Kier molecular flexibility index (Phi) is 4.22. The molecule has 5 heteroatoms. The van der Waals surface area contributed by atoms with E-state index in [4.69, 9.17) is 15.3 Å². The fourth-order valence-corrected chi connectivity index (χ4v) is 2.13. The molecule has 0 saturated carbocycles. The molecular formula is C15H15N3O2. The third kappa shape index (κ3) is 3.07. The van der Waals surface area contributed by atoms with E-state index in [1.807, 2.05) is 42.5 Å². The summed E-state index contributed by atoms with van der Waals surface area (Å²) in [6.07, 6.45) is 0.360. The number of hydrogen-bond donors (Lipinski definition) is 0. The van der Waals surface area contributed by atoms with E-state index in [2.05, 4.69) is 0 Å². The lowest BCUT2D eigenvalue weighted by molar-refractivity contribution is 0.0806. The minimum atomic E-state index is -0.948. The van der Waals surface area contributed by atoms with Crippen molar-refractivity contribution in [3.63, 3.8) is 0 Å². The van der Waals surface area contributed by atoms with Crippen LogP contribution >= 0.6 is 0 Å². The van der Waals surface area contributed by atoms with E-state index in [-0.39, 0.29) is 6.61 Å². The van der Waals surface area contributed by atoms with Crippen molar-refractivity contribution in [1.29, 1.82) is 10.5 Å². The molecule has 0 bridgehead atoms. The molecule has 1 aliphatic rings. The molecule has 1 fully saturated rings. The predicted molar refractivity (Wildman–Crippen MR) is 71.1 cm³/mol. The van der Waals surface area contributed by atoms with E-state index in [9.17, 15) is 4.79 Å². The van der Waals surface area contributed by atoms with Crippen LogP contribution in [0.5, 0.6) is 0 Å². The molecule has 2 rings (SSSR count). The third-order valence-corrected chi connectivity index (χ3v) is 3.51. The topological polar surface area (TPSA) is 77.1 Å². The first-order valence-electron chi connectivity index (χ1n) is 6.47. The number of nitrogens with zero attached hydrogens (tertiary/aromatic N) is 3. The second kappa shape index (κ2) is 6.08. The molecule has 102 valence electrons. The lowest BCUT2D eigenvalue weighted by Gasteiger charge is -2.32. The standard InChI is InChI=1S/C15H15N3O2/c16-11-15(12-17)6-8-18(9-7-15)14(19)20-10-13-4-2-1-3-5-13/h1-5H,6-10H2. The van der Waals surface area contributed by atoms with Crippen LogP contribution in [0, 0.1) is 28.1 Å². The molecule has 0 aromatic heterocycles. The van der Waals surface area contributed by atoms with Crippen molar-refractivity contribution in [3.05, 3.63) is 35.9 Å². The number of ether oxygens (including phenoxy) is 1. The van der Waals surface area contributed by atoms with Crippen molar-refractivity contribution in [2.24, 2.45) is 5.41 Å². The van der Waals surface area contributed by atoms with Gasteiger partial charge in [-0.05, 0) is 18.4 Å². The maximum absolute atomic E-state index is 11.9. The Morgan fingerprint density at radius 2 is 1.80 bits per heavy atom. The van der Waals surface area contributed by atoms with Crippen molar-refractivity contribution in [2.75, 3.05) is 13.1 Å². The summed E-state index contributed by atoms with van der Waals surface area (Å²) in [5.41, 5.74) is -0.0165. The maximum atomic E-state index is 11.9. The van der Waals surface area contributed by atoms with Crippen LogP contribution in [0.1, 0.15) is 18.4 Å². The molecule has 5 nitrogen and oxygen atoms in total. The predicted octanol–water partition coefficient (Wildman–Crippen LogP) is 2.45. The minimum Gasteiger partial charge on any atom is -0.445 e. The summed E-state index contributed by atoms with van der Waals surface area (Å²) >= 11 is 0. The number of nitriles is 2. The van der Waals surface area contributed by atoms with Gasteiger partial charge >= 0.3 is 6.09 Å². The van der Waals surface area contributed by atoms with Crippen LogP contribution in [0.3, 0.4) is 0 Å². The van der Waals surface area contributed by atoms with Crippen LogP contribution in [0.4, 0.5) is 4.79 Å². The van der Waals surface area contributed by atoms with E-state index >= 15 is 0 Å². The summed E-state index contributed by atoms with van der Waals surface area (Å²) in [7, 11) is 0. The van der Waals surface area contributed by atoms with Crippen LogP contribution in [0.2, 0.25) is 0 Å². The first kappa shape index (κ1) is 13.9. The van der Waals surface area contributed by atoms with E-state index < -0.39 is 11.5 Å². The van der Waals surface area contributed by atoms with Gasteiger partial charge in [-0.1, -0.05) is 30.3 Å². The summed E-state index contributed by atoms with van der Waals surface area (Å²) in [6.45, 7) is 1.00. The quantitative estimate of drug-likeness (QED) is 0.826. The normalized spacial score (nSPS) is 16.8. The Morgan fingerprint density at radius 3 is 2.35 bits per heavy atom. The van der Waals surface area contributed by atoms with Gasteiger partial charge in [0.15, 0.2) is 0 Å². The Morgan fingerprint density at radius 1 is 1.20 bits per heavy atom. The lowest BCUT2D eigenvalue weighted by Crippen LogP contribution is -2.42. The van der Waals surface area contributed by atoms with Crippen molar-refractivity contribution < 1.29 is 9.53 Å². The largest absolute Gasteiger partial charge is 0.445 e. The van der Waals surface area contributed by atoms with E-state index in [0.717, 1.165) is 5.56 Å². The maximum Gasteiger partial charge on any atom is 0.410 e. The zero-order valence-electron chi connectivity index (χ0n) is 11.1. The van der Waals surface area contributed by atoms with Gasteiger partial charge in [-0.25, -0.2) is 4.79 Å². The average molecular weight is 269 g/mol. The summed E-state index contributed by atoms with van der Waals surface area (Å²) < 4.78 is 5.22. The molecule has 1 amide bonds. The summed E-state index contributed by atoms with van der Waals surface area (Å²) in [4.78, 5) is 13.4. The fourth-order valence-electron chi connectivity index (χ4n) is 2.13. The molecule has 0 atom stereocenters. The number of likely N-dealkylation sites (tertiary alicyclic amines) is 1. The lowest BCUT2D eigenvalue weighted by atomic mass is 9.81. The molecule has 0 N–H and O–H groups in total. The highest BCUT2D eigenvalue weighted by atomic mass is 16.6. The van der Waals surface area contributed by atoms with Crippen LogP contribution in [-0.4, -0.2) is 24.1 Å².